The predicted molar refractivity (Wildman–Crippen MR) is 38.6 cm³/mol. The largest absolute Gasteiger partial charge is 0.503 e. The molecule has 1 heterocycles. The molecule has 0 atom stereocenters. The van der Waals surface area contributed by atoms with Crippen molar-refractivity contribution in [1.29, 1.82) is 0 Å². The van der Waals surface area contributed by atoms with Crippen LogP contribution in [-0.2, 0) is 7.05 Å². The van der Waals surface area contributed by atoms with Gasteiger partial charge in [0.05, 0.1) is 0 Å². The van der Waals surface area contributed by atoms with Crippen molar-refractivity contribution >= 4 is 6.16 Å². The van der Waals surface area contributed by atoms with Gasteiger partial charge in [0.1, 0.15) is 5.82 Å². The number of aromatic nitrogens is 2. The van der Waals surface area contributed by atoms with Crippen LogP contribution >= 0.6 is 0 Å². The summed E-state index contributed by atoms with van der Waals surface area (Å²) in [5, 5.41) is 13.9. The molecule has 5 nitrogen and oxygen atoms in total. The first-order chi connectivity index (χ1) is 5.04. The molecule has 0 aliphatic heterocycles. The number of nitrogens with zero attached hydrogens (tertiary/aromatic N) is 2. The van der Waals surface area contributed by atoms with Crippen LogP contribution in [0.1, 0.15) is 5.82 Å². The molecule has 0 spiro atoms. The van der Waals surface area contributed by atoms with Gasteiger partial charge in [0.15, 0.2) is 0 Å². The number of hydrogen-bond donors (Lipinski definition) is 2. The van der Waals surface area contributed by atoms with E-state index in [1.807, 2.05) is 24.7 Å². The molecule has 0 aromatic carbocycles. The van der Waals surface area contributed by atoms with Crippen LogP contribution in [0.3, 0.4) is 0 Å². The Balaban J connectivity index is 0.000000218. The lowest BCUT2D eigenvalue weighted by atomic mass is 10.7. The van der Waals surface area contributed by atoms with E-state index in [1.54, 1.807) is 6.20 Å². The highest BCUT2D eigenvalue weighted by Gasteiger charge is 1.83. The summed E-state index contributed by atoms with van der Waals surface area (Å²) in [6.45, 7) is 1.97. The molecule has 1 aromatic heterocycles. The lowest BCUT2D eigenvalue weighted by Crippen LogP contribution is -1.86. The third kappa shape index (κ3) is 4.95. The number of rotatable bonds is 0. The first-order valence-electron chi connectivity index (χ1n) is 2.90. The van der Waals surface area contributed by atoms with Crippen LogP contribution in [0.15, 0.2) is 12.4 Å². The zero-order chi connectivity index (χ0) is 8.85. The fourth-order valence-electron chi connectivity index (χ4n) is 0.440. The average Bonchev–Trinajstić information content (AvgIpc) is 2.15. The lowest BCUT2D eigenvalue weighted by molar-refractivity contribution is 0.137. The van der Waals surface area contributed by atoms with E-state index in [1.165, 1.54) is 0 Å². The molecule has 5 heteroatoms. The molecule has 2 N–H and O–H groups in total. The standard InChI is InChI=1S/C5H8N2.CH2O3/c1-5-6-3-4-7(5)2;2-1(3)4/h3-4H,1-2H3;(H2,2,3,4). The molecule has 1 aromatic rings. The van der Waals surface area contributed by atoms with E-state index in [4.69, 9.17) is 15.0 Å². The molecule has 0 radical (unpaired) electrons. The van der Waals surface area contributed by atoms with Gasteiger partial charge in [-0.25, -0.2) is 9.78 Å². The Morgan fingerprint density at radius 2 is 2.09 bits per heavy atom. The quantitative estimate of drug-likeness (QED) is 0.589. The van der Waals surface area contributed by atoms with Crippen molar-refractivity contribution in [1.82, 2.24) is 9.55 Å². The van der Waals surface area contributed by atoms with Gasteiger partial charge in [0.2, 0.25) is 0 Å². The second kappa shape index (κ2) is 4.32. The van der Waals surface area contributed by atoms with Gasteiger partial charge in [-0.15, -0.1) is 0 Å². The Kier molecular flexibility index (Phi) is 3.72. The monoisotopic (exact) mass is 158 g/mol. The van der Waals surface area contributed by atoms with Crippen LogP contribution in [0.2, 0.25) is 0 Å². The molecule has 0 aliphatic carbocycles. The molecule has 0 fully saturated rings. The maximum atomic E-state index is 8.56. The number of imidazole rings is 1. The smallest absolute Gasteiger partial charge is 0.450 e. The maximum absolute atomic E-state index is 8.56. The Bertz CT molecular complexity index is 211. The van der Waals surface area contributed by atoms with Crippen molar-refractivity contribution in [2.45, 2.75) is 6.92 Å². The normalized spacial score (nSPS) is 8.18. The molecule has 0 saturated carbocycles. The minimum atomic E-state index is -1.83. The second-order valence-corrected chi connectivity index (χ2v) is 1.87. The highest BCUT2D eigenvalue weighted by molar-refractivity contribution is 5.53. The van der Waals surface area contributed by atoms with E-state index in [-0.39, 0.29) is 0 Å². The Morgan fingerprint density at radius 1 is 1.64 bits per heavy atom. The van der Waals surface area contributed by atoms with E-state index in [0.717, 1.165) is 5.82 Å². The van der Waals surface area contributed by atoms with E-state index >= 15 is 0 Å². The van der Waals surface area contributed by atoms with E-state index in [2.05, 4.69) is 4.98 Å². The van der Waals surface area contributed by atoms with E-state index in [9.17, 15) is 0 Å². The molecule has 0 aliphatic rings. The van der Waals surface area contributed by atoms with E-state index in [0.29, 0.717) is 0 Å². The highest BCUT2D eigenvalue weighted by Crippen LogP contribution is 1.86. The fraction of sp³-hybridized carbons (Fsp3) is 0.333. The molecule has 11 heavy (non-hydrogen) atoms. The van der Waals surface area contributed by atoms with Gasteiger partial charge in [-0.2, -0.15) is 0 Å². The van der Waals surface area contributed by atoms with Gasteiger partial charge in [0, 0.05) is 19.4 Å². The molecular weight excluding hydrogens is 148 g/mol. The summed E-state index contributed by atoms with van der Waals surface area (Å²) < 4.78 is 1.97. The van der Waals surface area contributed by atoms with Crippen LogP contribution < -0.4 is 0 Å². The summed E-state index contributed by atoms with van der Waals surface area (Å²) in [5.41, 5.74) is 0. The zero-order valence-corrected chi connectivity index (χ0v) is 6.35. The minimum Gasteiger partial charge on any atom is -0.450 e. The van der Waals surface area contributed by atoms with Crippen LogP contribution in [0.25, 0.3) is 0 Å². The summed E-state index contributed by atoms with van der Waals surface area (Å²) in [5.74, 6) is 1.06. The van der Waals surface area contributed by atoms with Crippen molar-refractivity contribution in [3.63, 3.8) is 0 Å². The Hall–Kier alpha value is -1.52. The van der Waals surface area contributed by atoms with Crippen molar-refractivity contribution in [2.75, 3.05) is 0 Å². The van der Waals surface area contributed by atoms with Gasteiger partial charge >= 0.3 is 6.16 Å². The highest BCUT2D eigenvalue weighted by atomic mass is 16.6. The summed E-state index contributed by atoms with van der Waals surface area (Å²) >= 11 is 0. The topological polar surface area (TPSA) is 75.4 Å². The number of carbonyl (C=O) groups is 1. The minimum absolute atomic E-state index is 1.06. The first-order valence-corrected chi connectivity index (χ1v) is 2.90. The lowest BCUT2D eigenvalue weighted by Gasteiger charge is -1.87. The first kappa shape index (κ1) is 9.48. The fourth-order valence-corrected chi connectivity index (χ4v) is 0.440. The molecule has 0 saturated heterocycles. The average molecular weight is 158 g/mol. The SMILES string of the molecule is Cc1nccn1C.O=C(O)O. The molecular formula is C6H10N2O3. The number of aryl methyl sites for hydroxylation is 2. The summed E-state index contributed by atoms with van der Waals surface area (Å²) in [4.78, 5) is 12.5. The van der Waals surface area contributed by atoms with Crippen LogP contribution in [-0.4, -0.2) is 25.9 Å². The van der Waals surface area contributed by atoms with Crippen molar-refractivity contribution in [3.05, 3.63) is 18.2 Å². The van der Waals surface area contributed by atoms with Gasteiger partial charge in [-0.3, -0.25) is 0 Å². The molecule has 62 valence electrons. The third-order valence-electron chi connectivity index (χ3n) is 1.06. The summed E-state index contributed by atoms with van der Waals surface area (Å²) in [7, 11) is 1.97. The third-order valence-corrected chi connectivity index (χ3v) is 1.06. The van der Waals surface area contributed by atoms with Gasteiger partial charge in [-0.1, -0.05) is 0 Å². The van der Waals surface area contributed by atoms with Crippen LogP contribution in [0.5, 0.6) is 0 Å². The maximum Gasteiger partial charge on any atom is 0.503 e. The summed E-state index contributed by atoms with van der Waals surface area (Å²) in [6.07, 6.45) is 1.88. The summed E-state index contributed by atoms with van der Waals surface area (Å²) in [6, 6.07) is 0. The van der Waals surface area contributed by atoms with Gasteiger partial charge < -0.3 is 14.8 Å². The van der Waals surface area contributed by atoms with Crippen molar-refractivity contribution in [3.8, 4) is 0 Å². The number of carboxylic acid groups (broad SMARTS) is 2. The molecule has 0 amide bonds. The van der Waals surface area contributed by atoms with Gasteiger partial charge in [-0.05, 0) is 6.92 Å². The molecule has 1 rings (SSSR count). The predicted octanol–water partition coefficient (Wildman–Crippen LogP) is 0.951. The number of hydrogen-bond acceptors (Lipinski definition) is 2. The molecule has 0 unspecified atom stereocenters. The van der Waals surface area contributed by atoms with Crippen molar-refractivity contribution in [2.24, 2.45) is 7.05 Å². The van der Waals surface area contributed by atoms with Crippen LogP contribution in [0, 0.1) is 6.92 Å². The second-order valence-electron chi connectivity index (χ2n) is 1.87. The Labute approximate surface area is 63.9 Å². The molecule has 0 bridgehead atoms. The van der Waals surface area contributed by atoms with Crippen LogP contribution in [0.4, 0.5) is 4.79 Å². The van der Waals surface area contributed by atoms with E-state index < -0.39 is 6.16 Å². The van der Waals surface area contributed by atoms with Crippen molar-refractivity contribution < 1.29 is 15.0 Å². The Morgan fingerprint density at radius 3 is 2.18 bits per heavy atom. The van der Waals surface area contributed by atoms with Gasteiger partial charge in [0.25, 0.3) is 0 Å². The zero-order valence-electron chi connectivity index (χ0n) is 6.35.